The molecule has 0 saturated carbocycles. The first-order valence-corrected chi connectivity index (χ1v) is 6.13. The highest BCUT2D eigenvalue weighted by atomic mass is 16.2. The minimum Gasteiger partial charge on any atom is -0.359 e. The maximum Gasteiger partial charge on any atom is 0.229 e. The van der Waals surface area contributed by atoms with Gasteiger partial charge < -0.3 is 16.0 Å². The number of amides is 2. The Morgan fingerprint density at radius 3 is 2.18 bits per heavy atom. The monoisotopic (exact) mass is 243 g/mol. The second-order valence-corrected chi connectivity index (χ2v) is 4.34. The molecule has 2 amide bonds. The van der Waals surface area contributed by atoms with E-state index in [-0.39, 0.29) is 11.8 Å². The van der Waals surface area contributed by atoms with Crippen molar-refractivity contribution in [1.82, 2.24) is 10.2 Å². The van der Waals surface area contributed by atoms with Gasteiger partial charge in [-0.15, -0.1) is 0 Å². The van der Waals surface area contributed by atoms with Crippen molar-refractivity contribution in [2.45, 2.75) is 33.1 Å². The molecule has 0 heterocycles. The van der Waals surface area contributed by atoms with Crippen LogP contribution in [-0.4, -0.2) is 43.9 Å². The summed E-state index contributed by atoms with van der Waals surface area (Å²) < 4.78 is 0. The van der Waals surface area contributed by atoms with Crippen molar-refractivity contribution >= 4 is 11.8 Å². The summed E-state index contributed by atoms with van der Waals surface area (Å²) in [6.45, 7) is 4.73. The molecular weight excluding hydrogens is 218 g/mol. The second-order valence-electron chi connectivity index (χ2n) is 4.34. The van der Waals surface area contributed by atoms with Gasteiger partial charge in [0.05, 0.1) is 5.41 Å². The zero-order valence-corrected chi connectivity index (χ0v) is 11.4. The van der Waals surface area contributed by atoms with Gasteiger partial charge in [-0.1, -0.05) is 13.8 Å². The molecule has 0 unspecified atom stereocenters. The molecule has 5 nitrogen and oxygen atoms in total. The molecule has 17 heavy (non-hydrogen) atoms. The average Bonchev–Trinajstić information content (AvgIpc) is 2.37. The molecule has 0 radical (unpaired) electrons. The lowest BCUT2D eigenvalue weighted by molar-refractivity contribution is -0.141. The van der Waals surface area contributed by atoms with Gasteiger partial charge in [-0.25, -0.2) is 0 Å². The van der Waals surface area contributed by atoms with Crippen LogP contribution in [0.1, 0.15) is 33.1 Å². The van der Waals surface area contributed by atoms with E-state index in [0.717, 1.165) is 12.8 Å². The van der Waals surface area contributed by atoms with E-state index in [1.807, 2.05) is 13.8 Å². The Morgan fingerprint density at radius 2 is 1.82 bits per heavy atom. The van der Waals surface area contributed by atoms with E-state index in [4.69, 9.17) is 5.73 Å². The molecular formula is C12H25N3O2. The van der Waals surface area contributed by atoms with Crippen LogP contribution in [0.4, 0.5) is 0 Å². The summed E-state index contributed by atoms with van der Waals surface area (Å²) in [6, 6.07) is 0. The molecule has 0 aliphatic carbocycles. The Kier molecular flexibility index (Phi) is 6.80. The first-order chi connectivity index (χ1) is 7.97. The zero-order chi connectivity index (χ0) is 13.5. The van der Waals surface area contributed by atoms with Gasteiger partial charge in [-0.3, -0.25) is 9.59 Å². The lowest BCUT2D eigenvalue weighted by Gasteiger charge is -2.33. The first kappa shape index (κ1) is 15.9. The van der Waals surface area contributed by atoms with Crippen LogP contribution < -0.4 is 11.1 Å². The Morgan fingerprint density at radius 1 is 1.29 bits per heavy atom. The number of hydrogen-bond acceptors (Lipinski definition) is 3. The molecule has 0 saturated heterocycles. The fourth-order valence-corrected chi connectivity index (χ4v) is 1.83. The number of nitrogens with two attached hydrogens (primary N) is 1. The molecule has 0 aromatic carbocycles. The van der Waals surface area contributed by atoms with Gasteiger partial charge in [-0.05, 0) is 12.8 Å². The smallest absolute Gasteiger partial charge is 0.229 e. The van der Waals surface area contributed by atoms with Gasteiger partial charge >= 0.3 is 0 Å². The van der Waals surface area contributed by atoms with Crippen molar-refractivity contribution in [2.75, 3.05) is 27.2 Å². The van der Waals surface area contributed by atoms with Crippen LogP contribution >= 0.6 is 0 Å². The van der Waals surface area contributed by atoms with E-state index in [1.165, 1.54) is 0 Å². The first-order valence-electron chi connectivity index (χ1n) is 6.13. The van der Waals surface area contributed by atoms with Gasteiger partial charge in [0, 0.05) is 33.6 Å². The fourth-order valence-electron chi connectivity index (χ4n) is 1.83. The van der Waals surface area contributed by atoms with Crippen molar-refractivity contribution in [3.63, 3.8) is 0 Å². The summed E-state index contributed by atoms with van der Waals surface area (Å²) in [5.74, 6) is -0.0232. The fraction of sp³-hybridized carbons (Fsp3) is 0.833. The van der Waals surface area contributed by atoms with E-state index < -0.39 is 5.41 Å². The number of rotatable bonds is 7. The predicted octanol–water partition coefficient (Wildman–Crippen LogP) is 0.346. The number of nitrogens with zero attached hydrogens (tertiary/aromatic N) is 1. The zero-order valence-electron chi connectivity index (χ0n) is 11.4. The van der Waals surface area contributed by atoms with Gasteiger partial charge in [-0.2, -0.15) is 0 Å². The third-order valence-electron chi connectivity index (χ3n) is 3.50. The highest BCUT2D eigenvalue weighted by Gasteiger charge is 2.35. The summed E-state index contributed by atoms with van der Waals surface area (Å²) in [5.41, 5.74) is 5.25. The third kappa shape index (κ3) is 4.00. The molecule has 3 N–H and O–H groups in total. The van der Waals surface area contributed by atoms with Gasteiger partial charge in [0.2, 0.25) is 11.8 Å². The number of nitrogens with one attached hydrogen (secondary N) is 1. The van der Waals surface area contributed by atoms with Crippen molar-refractivity contribution in [1.29, 1.82) is 0 Å². The summed E-state index contributed by atoms with van der Waals surface area (Å²) in [7, 11) is 3.31. The minimum atomic E-state index is -0.475. The van der Waals surface area contributed by atoms with Crippen LogP contribution in [0.5, 0.6) is 0 Å². The topological polar surface area (TPSA) is 75.4 Å². The largest absolute Gasteiger partial charge is 0.359 e. The Labute approximate surface area is 104 Å². The van der Waals surface area contributed by atoms with Crippen molar-refractivity contribution in [3.05, 3.63) is 0 Å². The maximum atomic E-state index is 12.3. The van der Waals surface area contributed by atoms with E-state index >= 15 is 0 Å². The summed E-state index contributed by atoms with van der Waals surface area (Å²) >= 11 is 0. The van der Waals surface area contributed by atoms with Crippen LogP contribution in [0.15, 0.2) is 0 Å². The Hall–Kier alpha value is -1.10. The normalized spacial score (nSPS) is 11.1. The Bertz CT molecular complexity index is 254. The molecule has 0 aliphatic rings. The molecule has 0 rings (SSSR count). The standard InChI is InChI=1S/C12H25N3O2/c1-5-12(6-2,9-13)11(17)15(4)8-7-10(16)14-3/h5-9,13H2,1-4H3,(H,14,16). The average molecular weight is 243 g/mol. The second kappa shape index (κ2) is 7.27. The predicted molar refractivity (Wildman–Crippen MR) is 68.4 cm³/mol. The SMILES string of the molecule is CCC(CC)(CN)C(=O)N(C)CCC(=O)NC. The van der Waals surface area contributed by atoms with Crippen LogP contribution in [0.3, 0.4) is 0 Å². The lowest BCUT2D eigenvalue weighted by atomic mass is 9.81. The highest BCUT2D eigenvalue weighted by molar-refractivity contribution is 5.83. The summed E-state index contributed by atoms with van der Waals surface area (Å²) in [6.07, 6.45) is 1.78. The van der Waals surface area contributed by atoms with Crippen molar-refractivity contribution in [2.24, 2.45) is 11.1 Å². The molecule has 0 fully saturated rings. The molecule has 0 atom stereocenters. The van der Waals surface area contributed by atoms with E-state index in [2.05, 4.69) is 5.32 Å². The van der Waals surface area contributed by atoms with Crippen LogP contribution in [0.2, 0.25) is 0 Å². The van der Waals surface area contributed by atoms with Crippen molar-refractivity contribution < 1.29 is 9.59 Å². The van der Waals surface area contributed by atoms with E-state index in [0.29, 0.717) is 19.5 Å². The number of carbonyl (C=O) groups is 2. The number of hydrogen-bond donors (Lipinski definition) is 2. The van der Waals surface area contributed by atoms with Crippen LogP contribution in [0, 0.1) is 5.41 Å². The van der Waals surface area contributed by atoms with E-state index in [1.54, 1.807) is 19.0 Å². The molecule has 0 bridgehead atoms. The molecule has 5 heteroatoms. The highest BCUT2D eigenvalue weighted by Crippen LogP contribution is 2.27. The summed E-state index contributed by atoms with van der Waals surface area (Å²) in [4.78, 5) is 25.0. The minimum absolute atomic E-state index is 0.0360. The molecule has 100 valence electrons. The molecule has 0 spiro atoms. The lowest BCUT2D eigenvalue weighted by Crippen LogP contribution is -2.46. The van der Waals surface area contributed by atoms with Gasteiger partial charge in [0.25, 0.3) is 0 Å². The van der Waals surface area contributed by atoms with Gasteiger partial charge in [0.15, 0.2) is 0 Å². The van der Waals surface area contributed by atoms with Crippen LogP contribution in [0.25, 0.3) is 0 Å². The number of carbonyl (C=O) groups excluding carboxylic acids is 2. The Balaban J connectivity index is 4.51. The maximum absolute atomic E-state index is 12.3. The van der Waals surface area contributed by atoms with Crippen LogP contribution in [-0.2, 0) is 9.59 Å². The van der Waals surface area contributed by atoms with Gasteiger partial charge in [0.1, 0.15) is 0 Å². The van der Waals surface area contributed by atoms with E-state index in [9.17, 15) is 9.59 Å². The summed E-state index contributed by atoms with van der Waals surface area (Å²) in [5, 5.41) is 2.54. The van der Waals surface area contributed by atoms with Crippen molar-refractivity contribution in [3.8, 4) is 0 Å². The molecule has 0 aromatic heterocycles. The third-order valence-corrected chi connectivity index (χ3v) is 3.50. The molecule has 0 aliphatic heterocycles. The molecule has 0 aromatic rings. The quantitative estimate of drug-likeness (QED) is 0.677.